The first-order chi connectivity index (χ1) is 12.8. The number of Topliss-reactive ketones (excluding diaryl/α,β-unsaturated/α-hetero) is 1. The second kappa shape index (κ2) is 7.43. The summed E-state index contributed by atoms with van der Waals surface area (Å²) in [5.41, 5.74) is 1.91. The van der Waals surface area contributed by atoms with Crippen molar-refractivity contribution in [1.29, 1.82) is 0 Å². The zero-order valence-corrected chi connectivity index (χ0v) is 13.9. The van der Waals surface area contributed by atoms with Crippen molar-refractivity contribution in [2.45, 2.75) is 25.3 Å². The SMILES string of the molecule is O=CC(=O)C1c2ccccc2CN1Cc1cnc(OCC(F)(F)F)c(F)c1. The molecule has 3 rings (SSSR count). The number of nitrogens with zero attached hydrogens (tertiary/aromatic N) is 2. The molecule has 9 heteroatoms. The van der Waals surface area contributed by atoms with Gasteiger partial charge in [0.15, 0.2) is 18.7 Å². The van der Waals surface area contributed by atoms with E-state index in [9.17, 15) is 27.2 Å². The lowest BCUT2D eigenvalue weighted by Crippen LogP contribution is -2.28. The van der Waals surface area contributed by atoms with Gasteiger partial charge in [0.25, 0.3) is 5.88 Å². The molecule has 0 radical (unpaired) electrons. The summed E-state index contributed by atoms with van der Waals surface area (Å²) in [6, 6.07) is 7.34. The zero-order chi connectivity index (χ0) is 19.6. The van der Waals surface area contributed by atoms with Gasteiger partial charge in [0.2, 0.25) is 5.78 Å². The summed E-state index contributed by atoms with van der Waals surface area (Å²) in [5, 5.41) is 0. The normalized spacial score (nSPS) is 16.8. The highest BCUT2D eigenvalue weighted by atomic mass is 19.4. The Morgan fingerprint density at radius 2 is 2.07 bits per heavy atom. The number of carbonyl (C=O) groups excluding carboxylic acids is 2. The van der Waals surface area contributed by atoms with E-state index in [1.807, 2.05) is 6.07 Å². The largest absolute Gasteiger partial charge is 0.466 e. The smallest absolute Gasteiger partial charge is 0.422 e. The van der Waals surface area contributed by atoms with Crippen LogP contribution >= 0.6 is 0 Å². The first kappa shape index (κ1) is 19.0. The minimum atomic E-state index is -4.60. The van der Waals surface area contributed by atoms with E-state index < -0.39 is 36.3 Å². The van der Waals surface area contributed by atoms with Crippen molar-refractivity contribution in [2.75, 3.05) is 6.61 Å². The van der Waals surface area contributed by atoms with Crippen molar-refractivity contribution in [1.82, 2.24) is 9.88 Å². The van der Waals surface area contributed by atoms with E-state index in [1.54, 1.807) is 23.1 Å². The number of hydrogen-bond acceptors (Lipinski definition) is 5. The van der Waals surface area contributed by atoms with Gasteiger partial charge < -0.3 is 4.74 Å². The van der Waals surface area contributed by atoms with Gasteiger partial charge in [-0.15, -0.1) is 0 Å². The minimum absolute atomic E-state index is 0.0857. The number of ether oxygens (including phenoxy) is 1. The molecule has 0 spiro atoms. The average Bonchev–Trinajstić information content (AvgIpc) is 2.97. The van der Waals surface area contributed by atoms with Crippen LogP contribution in [0.2, 0.25) is 0 Å². The Kier molecular flexibility index (Phi) is 5.22. The van der Waals surface area contributed by atoms with E-state index in [-0.39, 0.29) is 12.8 Å². The summed E-state index contributed by atoms with van der Waals surface area (Å²) < 4.78 is 54.8. The van der Waals surface area contributed by atoms with E-state index in [2.05, 4.69) is 9.72 Å². The first-order valence-corrected chi connectivity index (χ1v) is 7.93. The average molecular weight is 382 g/mol. The zero-order valence-electron chi connectivity index (χ0n) is 13.9. The van der Waals surface area contributed by atoms with Crippen LogP contribution in [-0.2, 0) is 22.7 Å². The lowest BCUT2D eigenvalue weighted by molar-refractivity contribution is -0.154. The number of halogens is 4. The van der Waals surface area contributed by atoms with Crippen molar-refractivity contribution in [2.24, 2.45) is 0 Å². The lowest BCUT2D eigenvalue weighted by Gasteiger charge is -2.22. The number of ketones is 1. The fourth-order valence-corrected chi connectivity index (χ4v) is 3.04. The van der Waals surface area contributed by atoms with Crippen molar-refractivity contribution >= 4 is 12.1 Å². The van der Waals surface area contributed by atoms with Crippen LogP contribution in [-0.4, -0.2) is 34.7 Å². The van der Waals surface area contributed by atoms with Crippen LogP contribution in [0, 0.1) is 5.82 Å². The van der Waals surface area contributed by atoms with Crippen molar-refractivity contribution in [3.63, 3.8) is 0 Å². The number of fused-ring (bicyclic) bond motifs is 1. The summed E-state index contributed by atoms with van der Waals surface area (Å²) in [6.07, 6.45) is -3.18. The number of alkyl halides is 3. The van der Waals surface area contributed by atoms with Gasteiger partial charge in [-0.05, 0) is 22.8 Å². The van der Waals surface area contributed by atoms with E-state index in [0.717, 1.165) is 11.6 Å². The quantitative estimate of drug-likeness (QED) is 0.437. The van der Waals surface area contributed by atoms with Gasteiger partial charge in [-0.3, -0.25) is 14.5 Å². The third-order valence-electron chi connectivity index (χ3n) is 4.10. The van der Waals surface area contributed by atoms with Gasteiger partial charge in [-0.1, -0.05) is 24.3 Å². The van der Waals surface area contributed by atoms with E-state index in [1.165, 1.54) is 6.20 Å². The highest BCUT2D eigenvalue weighted by molar-refractivity contribution is 6.27. The highest BCUT2D eigenvalue weighted by Gasteiger charge is 2.35. The molecule has 27 heavy (non-hydrogen) atoms. The topological polar surface area (TPSA) is 59.5 Å². The van der Waals surface area contributed by atoms with Crippen LogP contribution in [0.25, 0.3) is 0 Å². The maximum absolute atomic E-state index is 14.0. The molecule has 1 aliphatic heterocycles. The summed E-state index contributed by atoms with van der Waals surface area (Å²) >= 11 is 0. The second-order valence-electron chi connectivity index (χ2n) is 6.06. The molecule has 1 aromatic heterocycles. The molecule has 1 unspecified atom stereocenters. The Balaban J connectivity index is 1.77. The van der Waals surface area contributed by atoms with Gasteiger partial charge in [0, 0.05) is 19.3 Å². The molecule has 0 amide bonds. The van der Waals surface area contributed by atoms with Gasteiger partial charge in [-0.2, -0.15) is 13.2 Å². The summed E-state index contributed by atoms with van der Waals surface area (Å²) in [5.74, 6) is -2.41. The number of benzene rings is 1. The van der Waals surface area contributed by atoms with E-state index in [4.69, 9.17) is 0 Å². The fourth-order valence-electron chi connectivity index (χ4n) is 3.04. The summed E-state index contributed by atoms with van der Waals surface area (Å²) in [6.45, 7) is -1.19. The molecule has 0 saturated carbocycles. The summed E-state index contributed by atoms with van der Waals surface area (Å²) in [4.78, 5) is 28.3. The number of rotatable bonds is 6. The molecule has 0 fully saturated rings. The van der Waals surface area contributed by atoms with Gasteiger partial charge in [0.05, 0.1) is 0 Å². The Labute approximate surface area is 151 Å². The molecule has 2 heterocycles. The molecule has 0 aliphatic carbocycles. The monoisotopic (exact) mass is 382 g/mol. The maximum atomic E-state index is 14.0. The molecule has 2 aromatic rings. The van der Waals surface area contributed by atoms with Crippen LogP contribution in [0.3, 0.4) is 0 Å². The third-order valence-corrected chi connectivity index (χ3v) is 4.10. The molecule has 0 N–H and O–H groups in total. The van der Waals surface area contributed by atoms with Crippen molar-refractivity contribution < 1.29 is 31.9 Å². The number of aldehydes is 1. The molecular formula is C18H14F4N2O3. The molecule has 1 aromatic carbocycles. The van der Waals surface area contributed by atoms with E-state index >= 15 is 0 Å². The number of carbonyl (C=O) groups is 2. The van der Waals surface area contributed by atoms with Crippen LogP contribution in [0.15, 0.2) is 36.5 Å². The molecule has 1 atom stereocenters. The molecule has 0 saturated heterocycles. The van der Waals surface area contributed by atoms with Crippen molar-refractivity contribution in [3.05, 3.63) is 59.0 Å². The van der Waals surface area contributed by atoms with Crippen LogP contribution < -0.4 is 4.74 Å². The molecular weight excluding hydrogens is 368 g/mol. The van der Waals surface area contributed by atoms with Crippen molar-refractivity contribution in [3.8, 4) is 5.88 Å². The summed E-state index contributed by atoms with van der Waals surface area (Å²) in [7, 11) is 0. The predicted octanol–water partition coefficient (Wildman–Crippen LogP) is 2.99. The highest BCUT2D eigenvalue weighted by Crippen LogP contribution is 2.35. The molecule has 0 bridgehead atoms. The minimum Gasteiger partial charge on any atom is -0.466 e. The Morgan fingerprint density at radius 1 is 1.33 bits per heavy atom. The van der Waals surface area contributed by atoms with E-state index in [0.29, 0.717) is 17.7 Å². The Hall–Kier alpha value is -2.81. The Morgan fingerprint density at radius 3 is 2.74 bits per heavy atom. The standard InChI is InChI=1S/C18H14F4N2O3/c19-14-5-11(6-23-17(14)27-10-18(20,21)22)7-24-8-12-3-1-2-4-13(12)16(24)15(26)9-25/h1-6,9,16H,7-8,10H2. The van der Waals surface area contributed by atoms with Gasteiger partial charge >= 0.3 is 6.18 Å². The second-order valence-corrected chi connectivity index (χ2v) is 6.06. The number of aromatic nitrogens is 1. The number of hydrogen-bond donors (Lipinski definition) is 0. The van der Waals surface area contributed by atoms with Gasteiger partial charge in [0.1, 0.15) is 6.04 Å². The predicted molar refractivity (Wildman–Crippen MR) is 85.2 cm³/mol. The van der Waals surface area contributed by atoms with Crippen LogP contribution in [0.4, 0.5) is 17.6 Å². The number of pyridine rings is 1. The van der Waals surface area contributed by atoms with Crippen LogP contribution in [0.5, 0.6) is 5.88 Å². The fraction of sp³-hybridized carbons (Fsp3) is 0.278. The maximum Gasteiger partial charge on any atom is 0.422 e. The van der Waals surface area contributed by atoms with Crippen LogP contribution in [0.1, 0.15) is 22.7 Å². The molecule has 1 aliphatic rings. The van der Waals surface area contributed by atoms with Gasteiger partial charge in [-0.25, -0.2) is 9.37 Å². The first-order valence-electron chi connectivity index (χ1n) is 7.93. The lowest BCUT2D eigenvalue weighted by atomic mass is 10.0. The third kappa shape index (κ3) is 4.30. The molecule has 5 nitrogen and oxygen atoms in total. The Bertz CT molecular complexity index is 870. The molecule has 142 valence electrons.